The third-order valence-corrected chi connectivity index (χ3v) is 3.47. The molecule has 0 radical (unpaired) electrons. The van der Waals surface area contributed by atoms with Gasteiger partial charge in [-0.05, 0) is 18.1 Å². The molecular weight excluding hydrogens is 232 g/mol. The molecule has 0 spiro atoms. The molecular formula is C14H14O4. The number of hydrogen-bond acceptors (Lipinski definition) is 4. The van der Waals surface area contributed by atoms with Gasteiger partial charge in [0.2, 0.25) is 0 Å². The summed E-state index contributed by atoms with van der Waals surface area (Å²) in [5.74, 6) is -0.209. The Morgan fingerprint density at radius 1 is 1.39 bits per heavy atom. The Morgan fingerprint density at radius 3 is 2.83 bits per heavy atom. The molecule has 1 saturated heterocycles. The van der Waals surface area contributed by atoms with E-state index in [-0.39, 0.29) is 5.97 Å². The van der Waals surface area contributed by atoms with E-state index in [1.165, 1.54) is 7.11 Å². The third kappa shape index (κ3) is 1.61. The van der Waals surface area contributed by atoms with Crippen LogP contribution < -0.4 is 0 Å². The van der Waals surface area contributed by atoms with E-state index in [2.05, 4.69) is 0 Å². The second kappa shape index (κ2) is 4.14. The number of hydrogen-bond donors (Lipinski definition) is 0. The van der Waals surface area contributed by atoms with Crippen LogP contribution in [0.1, 0.15) is 5.56 Å². The van der Waals surface area contributed by atoms with Crippen molar-refractivity contribution in [2.45, 2.75) is 6.42 Å². The largest absolute Gasteiger partial charge is 0.468 e. The summed E-state index contributed by atoms with van der Waals surface area (Å²) in [5.41, 5.74) is 1.33. The minimum Gasteiger partial charge on any atom is -0.468 e. The van der Waals surface area contributed by atoms with Crippen LogP contribution in [0.25, 0.3) is 11.0 Å². The van der Waals surface area contributed by atoms with Gasteiger partial charge in [0, 0.05) is 5.39 Å². The van der Waals surface area contributed by atoms with Crippen LogP contribution in [-0.2, 0) is 20.7 Å². The molecule has 4 nitrogen and oxygen atoms in total. The van der Waals surface area contributed by atoms with Crippen molar-refractivity contribution in [2.75, 3.05) is 20.3 Å². The predicted molar refractivity (Wildman–Crippen MR) is 65.2 cm³/mol. The fourth-order valence-electron chi connectivity index (χ4n) is 2.39. The van der Waals surface area contributed by atoms with Crippen LogP contribution in [0.4, 0.5) is 0 Å². The van der Waals surface area contributed by atoms with Crippen LogP contribution in [0.3, 0.4) is 0 Å². The van der Waals surface area contributed by atoms with E-state index in [4.69, 9.17) is 13.9 Å². The summed E-state index contributed by atoms with van der Waals surface area (Å²) < 4.78 is 15.5. The highest BCUT2D eigenvalue weighted by molar-refractivity contribution is 5.83. The Bertz CT molecular complexity index is 580. The van der Waals surface area contributed by atoms with Gasteiger partial charge in [0.15, 0.2) is 0 Å². The maximum atomic E-state index is 11.8. The second-order valence-corrected chi connectivity index (χ2v) is 4.70. The van der Waals surface area contributed by atoms with Crippen LogP contribution in [0.5, 0.6) is 0 Å². The molecule has 94 valence electrons. The van der Waals surface area contributed by atoms with E-state index >= 15 is 0 Å². The van der Waals surface area contributed by atoms with Crippen LogP contribution in [0.15, 0.2) is 34.9 Å². The second-order valence-electron chi connectivity index (χ2n) is 4.70. The van der Waals surface area contributed by atoms with Gasteiger partial charge in [-0.2, -0.15) is 0 Å². The molecule has 2 aromatic rings. The van der Waals surface area contributed by atoms with E-state index in [1.54, 1.807) is 6.26 Å². The zero-order chi connectivity index (χ0) is 12.6. The lowest BCUT2D eigenvalue weighted by molar-refractivity contribution is -0.182. The summed E-state index contributed by atoms with van der Waals surface area (Å²) in [6, 6.07) is 7.81. The van der Waals surface area contributed by atoms with Gasteiger partial charge in [-0.25, -0.2) is 0 Å². The zero-order valence-corrected chi connectivity index (χ0v) is 10.1. The normalized spacial score (nSPS) is 17.4. The van der Waals surface area contributed by atoms with Crippen LogP contribution in [0.2, 0.25) is 0 Å². The number of fused-ring (bicyclic) bond motifs is 1. The fourth-order valence-corrected chi connectivity index (χ4v) is 2.39. The molecule has 1 aromatic heterocycles. The number of rotatable bonds is 3. The number of esters is 1. The molecule has 0 saturated carbocycles. The minimum absolute atomic E-state index is 0.209. The van der Waals surface area contributed by atoms with Crippen molar-refractivity contribution in [1.82, 2.24) is 0 Å². The number of carbonyl (C=O) groups excluding carboxylic acids is 1. The van der Waals surface area contributed by atoms with Crippen molar-refractivity contribution >= 4 is 16.9 Å². The van der Waals surface area contributed by atoms with Gasteiger partial charge in [-0.1, -0.05) is 18.2 Å². The van der Waals surface area contributed by atoms with Crippen molar-refractivity contribution in [1.29, 1.82) is 0 Å². The van der Waals surface area contributed by atoms with Gasteiger partial charge in [-0.3, -0.25) is 4.79 Å². The van der Waals surface area contributed by atoms with Gasteiger partial charge in [-0.15, -0.1) is 0 Å². The van der Waals surface area contributed by atoms with E-state index in [9.17, 15) is 4.79 Å². The average molecular weight is 246 g/mol. The lowest BCUT2D eigenvalue weighted by Crippen LogP contribution is -2.51. The molecule has 2 heterocycles. The number of carbonyl (C=O) groups is 1. The van der Waals surface area contributed by atoms with Gasteiger partial charge < -0.3 is 13.9 Å². The van der Waals surface area contributed by atoms with Crippen molar-refractivity contribution in [3.05, 3.63) is 36.1 Å². The van der Waals surface area contributed by atoms with Crippen molar-refractivity contribution in [3.8, 4) is 0 Å². The number of benzene rings is 1. The topological polar surface area (TPSA) is 48.7 Å². The van der Waals surface area contributed by atoms with Crippen molar-refractivity contribution < 1.29 is 18.7 Å². The number of para-hydroxylation sites is 1. The average Bonchev–Trinajstić information content (AvgIpc) is 2.76. The molecule has 0 bridgehead atoms. The predicted octanol–water partition coefficient (Wildman–Crippen LogP) is 2.16. The monoisotopic (exact) mass is 246 g/mol. The first-order valence-electron chi connectivity index (χ1n) is 5.86. The van der Waals surface area contributed by atoms with Gasteiger partial charge in [0.05, 0.1) is 26.6 Å². The fraction of sp³-hybridized carbons (Fsp3) is 0.357. The molecule has 0 N–H and O–H groups in total. The first kappa shape index (κ1) is 11.3. The van der Waals surface area contributed by atoms with Crippen molar-refractivity contribution in [2.24, 2.45) is 5.41 Å². The molecule has 1 aliphatic rings. The molecule has 1 fully saturated rings. The molecule has 3 rings (SSSR count). The lowest BCUT2D eigenvalue weighted by atomic mass is 9.80. The molecule has 0 atom stereocenters. The lowest BCUT2D eigenvalue weighted by Gasteiger charge is -2.38. The Hall–Kier alpha value is -1.81. The maximum Gasteiger partial charge on any atom is 0.316 e. The van der Waals surface area contributed by atoms with Crippen LogP contribution in [0, 0.1) is 5.41 Å². The SMILES string of the molecule is COC(=O)C1(Cc2coc3ccccc23)COC1. The summed E-state index contributed by atoms with van der Waals surface area (Å²) in [7, 11) is 1.41. The zero-order valence-electron chi connectivity index (χ0n) is 10.1. The molecule has 1 aliphatic heterocycles. The first-order chi connectivity index (χ1) is 8.75. The van der Waals surface area contributed by atoms with Crippen LogP contribution >= 0.6 is 0 Å². The maximum absolute atomic E-state index is 11.8. The highest BCUT2D eigenvalue weighted by Crippen LogP contribution is 2.35. The Labute approximate surface area is 104 Å². The summed E-state index contributed by atoms with van der Waals surface area (Å²) in [5, 5.41) is 1.05. The first-order valence-corrected chi connectivity index (χ1v) is 5.86. The minimum atomic E-state index is -0.540. The van der Waals surface area contributed by atoms with Gasteiger partial charge >= 0.3 is 5.97 Å². The molecule has 18 heavy (non-hydrogen) atoms. The molecule has 0 aliphatic carbocycles. The number of ether oxygens (including phenoxy) is 2. The summed E-state index contributed by atoms with van der Waals surface area (Å²) in [4.78, 5) is 11.8. The standard InChI is InChI=1S/C14H14O4/c1-16-13(15)14(8-17-9-14)6-10-7-18-12-5-3-2-4-11(10)12/h2-5,7H,6,8-9H2,1H3. The van der Waals surface area contributed by atoms with E-state index in [1.807, 2.05) is 24.3 Å². The van der Waals surface area contributed by atoms with Crippen molar-refractivity contribution in [3.63, 3.8) is 0 Å². The third-order valence-electron chi connectivity index (χ3n) is 3.47. The highest BCUT2D eigenvalue weighted by atomic mass is 16.5. The highest BCUT2D eigenvalue weighted by Gasteiger charge is 2.47. The Kier molecular flexibility index (Phi) is 2.59. The van der Waals surface area contributed by atoms with Crippen LogP contribution in [-0.4, -0.2) is 26.3 Å². The van der Waals surface area contributed by atoms with E-state index in [0.717, 1.165) is 16.5 Å². The molecule has 0 amide bonds. The van der Waals surface area contributed by atoms with E-state index < -0.39 is 5.41 Å². The summed E-state index contributed by atoms with van der Waals surface area (Å²) >= 11 is 0. The van der Waals surface area contributed by atoms with Gasteiger partial charge in [0.1, 0.15) is 11.0 Å². The summed E-state index contributed by atoms with van der Waals surface area (Å²) in [6.07, 6.45) is 2.31. The Balaban J connectivity index is 1.94. The van der Waals surface area contributed by atoms with Gasteiger partial charge in [0.25, 0.3) is 0 Å². The molecule has 4 heteroatoms. The summed E-state index contributed by atoms with van der Waals surface area (Å²) in [6.45, 7) is 0.832. The smallest absolute Gasteiger partial charge is 0.316 e. The number of furan rings is 1. The molecule has 0 unspecified atom stereocenters. The quantitative estimate of drug-likeness (QED) is 0.779. The molecule has 1 aromatic carbocycles. The van der Waals surface area contributed by atoms with E-state index in [0.29, 0.717) is 19.6 Å². The Morgan fingerprint density at radius 2 is 2.17 bits per heavy atom. The number of methoxy groups -OCH3 is 1.